The van der Waals surface area contributed by atoms with Crippen LogP contribution >= 0.6 is 0 Å². The number of pyridine rings is 1. The zero-order valence-corrected chi connectivity index (χ0v) is 10.6. The van der Waals surface area contributed by atoms with Crippen molar-refractivity contribution in [2.75, 3.05) is 18.2 Å². The number of benzene rings is 1. The Morgan fingerprint density at radius 1 is 1.47 bits per heavy atom. The summed E-state index contributed by atoms with van der Waals surface area (Å²) < 4.78 is 18.5. The number of esters is 1. The van der Waals surface area contributed by atoms with E-state index < -0.39 is 17.8 Å². The van der Waals surface area contributed by atoms with Gasteiger partial charge in [-0.25, -0.2) is 14.2 Å². The largest absolute Gasteiger partial charge is 0.467 e. The normalized spacial score (nSPS) is 12.2. The molecule has 3 N–H and O–H groups in total. The van der Waals surface area contributed by atoms with Gasteiger partial charge in [0, 0.05) is 17.3 Å². The number of methoxy groups -OCH3 is 1. The fraction of sp³-hybridized carbons (Fsp3) is 0.231. The Morgan fingerprint density at radius 2 is 2.21 bits per heavy atom. The number of nitrogens with zero attached hydrogens (tertiary/aromatic N) is 1. The number of anilines is 2. The Labute approximate surface area is 109 Å². The van der Waals surface area contributed by atoms with Gasteiger partial charge in [0.25, 0.3) is 0 Å². The molecule has 2 aromatic rings. The Morgan fingerprint density at radius 3 is 2.89 bits per heavy atom. The highest BCUT2D eigenvalue weighted by Crippen LogP contribution is 2.28. The number of carbonyl (C=O) groups is 1. The first-order chi connectivity index (χ1) is 9.04. The molecule has 0 bridgehead atoms. The number of fused-ring (bicyclic) bond motifs is 1. The molecule has 0 aliphatic heterocycles. The first-order valence-electron chi connectivity index (χ1n) is 5.71. The van der Waals surface area contributed by atoms with Crippen LogP contribution in [0.4, 0.5) is 15.9 Å². The van der Waals surface area contributed by atoms with Crippen LogP contribution in [-0.4, -0.2) is 24.1 Å². The van der Waals surface area contributed by atoms with Gasteiger partial charge in [-0.05, 0) is 25.1 Å². The van der Waals surface area contributed by atoms with Crippen LogP contribution in [0.5, 0.6) is 0 Å². The first-order valence-corrected chi connectivity index (χ1v) is 5.71. The number of nitrogens with one attached hydrogen (secondary N) is 1. The molecular formula is C13H14FN3O2. The molecule has 0 spiro atoms. The summed E-state index contributed by atoms with van der Waals surface area (Å²) in [5.41, 5.74) is 6.25. The van der Waals surface area contributed by atoms with Crippen molar-refractivity contribution in [2.45, 2.75) is 13.0 Å². The van der Waals surface area contributed by atoms with Crippen molar-refractivity contribution in [3.8, 4) is 0 Å². The average molecular weight is 263 g/mol. The van der Waals surface area contributed by atoms with Gasteiger partial charge in [0.05, 0.1) is 12.5 Å². The molecule has 2 rings (SSSR count). The summed E-state index contributed by atoms with van der Waals surface area (Å²) in [4.78, 5) is 15.4. The third kappa shape index (κ3) is 2.42. The molecule has 6 heteroatoms. The van der Waals surface area contributed by atoms with Crippen LogP contribution in [0.1, 0.15) is 6.92 Å². The molecule has 0 radical (unpaired) electrons. The Bertz CT molecular complexity index is 631. The standard InChI is InChI=1S/C13H14FN3O2/c1-7(13(18)19-2)17-12-11-8(5-6-16-12)10(15)4-3-9(11)14/h3-7H,15H2,1-2H3,(H,16,17). The van der Waals surface area contributed by atoms with Gasteiger partial charge in [0.2, 0.25) is 0 Å². The van der Waals surface area contributed by atoms with Crippen LogP contribution in [0.25, 0.3) is 10.8 Å². The Hall–Kier alpha value is -2.37. The van der Waals surface area contributed by atoms with Crippen LogP contribution in [-0.2, 0) is 9.53 Å². The van der Waals surface area contributed by atoms with E-state index in [1.807, 2.05) is 0 Å². The topological polar surface area (TPSA) is 77.2 Å². The zero-order valence-electron chi connectivity index (χ0n) is 10.6. The van der Waals surface area contributed by atoms with E-state index in [-0.39, 0.29) is 11.2 Å². The van der Waals surface area contributed by atoms with Gasteiger partial charge >= 0.3 is 5.97 Å². The molecule has 1 aromatic heterocycles. The minimum atomic E-state index is -0.635. The molecule has 1 heterocycles. The molecule has 0 aliphatic rings. The van der Waals surface area contributed by atoms with Crippen molar-refractivity contribution in [1.29, 1.82) is 0 Å². The Kier molecular flexibility index (Phi) is 3.50. The van der Waals surface area contributed by atoms with Crippen molar-refractivity contribution < 1.29 is 13.9 Å². The highest BCUT2D eigenvalue weighted by atomic mass is 19.1. The second-order valence-electron chi connectivity index (χ2n) is 4.11. The maximum atomic E-state index is 13.9. The number of rotatable bonds is 3. The van der Waals surface area contributed by atoms with E-state index in [1.54, 1.807) is 13.0 Å². The lowest BCUT2D eigenvalue weighted by Crippen LogP contribution is -2.27. The molecule has 1 unspecified atom stereocenters. The van der Waals surface area contributed by atoms with E-state index in [4.69, 9.17) is 5.73 Å². The molecule has 100 valence electrons. The molecule has 0 amide bonds. The first kappa shape index (κ1) is 13.1. The SMILES string of the molecule is COC(=O)C(C)Nc1nccc2c(N)ccc(F)c12. The number of hydrogen-bond acceptors (Lipinski definition) is 5. The fourth-order valence-corrected chi connectivity index (χ4v) is 1.83. The summed E-state index contributed by atoms with van der Waals surface area (Å²) in [7, 11) is 1.29. The predicted octanol–water partition coefficient (Wildman–Crippen LogP) is 1.93. The van der Waals surface area contributed by atoms with Gasteiger partial charge < -0.3 is 15.8 Å². The lowest BCUT2D eigenvalue weighted by molar-refractivity contribution is -0.141. The quantitative estimate of drug-likeness (QED) is 0.653. The molecular weight excluding hydrogens is 249 g/mol. The highest BCUT2D eigenvalue weighted by Gasteiger charge is 2.16. The highest BCUT2D eigenvalue weighted by molar-refractivity contribution is 6.00. The fourth-order valence-electron chi connectivity index (χ4n) is 1.83. The van der Waals surface area contributed by atoms with Crippen molar-refractivity contribution in [1.82, 2.24) is 4.98 Å². The number of hydrogen-bond donors (Lipinski definition) is 2. The van der Waals surface area contributed by atoms with E-state index >= 15 is 0 Å². The number of ether oxygens (including phenoxy) is 1. The summed E-state index contributed by atoms with van der Waals surface area (Å²) in [5, 5.41) is 3.64. The van der Waals surface area contributed by atoms with Crippen LogP contribution in [0.2, 0.25) is 0 Å². The monoisotopic (exact) mass is 263 g/mol. The van der Waals surface area contributed by atoms with Crippen LogP contribution < -0.4 is 11.1 Å². The van der Waals surface area contributed by atoms with Gasteiger partial charge in [0.1, 0.15) is 17.7 Å². The van der Waals surface area contributed by atoms with E-state index in [1.165, 1.54) is 25.4 Å². The molecule has 0 saturated carbocycles. The van der Waals surface area contributed by atoms with Crippen molar-refractivity contribution >= 4 is 28.2 Å². The van der Waals surface area contributed by atoms with Crippen LogP contribution in [0, 0.1) is 5.82 Å². The molecule has 0 fully saturated rings. The van der Waals surface area contributed by atoms with Gasteiger partial charge in [-0.1, -0.05) is 0 Å². The lowest BCUT2D eigenvalue weighted by atomic mass is 10.1. The number of halogens is 1. The number of nitrogens with two attached hydrogens (primary N) is 1. The second kappa shape index (κ2) is 5.09. The van der Waals surface area contributed by atoms with Gasteiger partial charge in [0.15, 0.2) is 0 Å². The van der Waals surface area contributed by atoms with Gasteiger partial charge in [-0.15, -0.1) is 0 Å². The summed E-state index contributed by atoms with van der Waals surface area (Å²) in [6, 6.07) is 3.75. The molecule has 0 aliphatic carbocycles. The van der Waals surface area contributed by atoms with Crippen molar-refractivity contribution in [3.05, 3.63) is 30.2 Å². The minimum absolute atomic E-state index is 0.262. The summed E-state index contributed by atoms with van der Waals surface area (Å²) >= 11 is 0. The predicted molar refractivity (Wildman–Crippen MR) is 71.2 cm³/mol. The van der Waals surface area contributed by atoms with E-state index in [9.17, 15) is 9.18 Å². The molecule has 1 aromatic carbocycles. The number of aromatic nitrogens is 1. The number of nitrogen functional groups attached to an aromatic ring is 1. The van der Waals surface area contributed by atoms with Crippen LogP contribution in [0.3, 0.4) is 0 Å². The lowest BCUT2D eigenvalue weighted by Gasteiger charge is -2.14. The molecule has 0 saturated heterocycles. The van der Waals surface area contributed by atoms with Crippen molar-refractivity contribution in [3.63, 3.8) is 0 Å². The van der Waals surface area contributed by atoms with E-state index in [2.05, 4.69) is 15.0 Å². The third-order valence-electron chi connectivity index (χ3n) is 2.82. The van der Waals surface area contributed by atoms with Crippen molar-refractivity contribution in [2.24, 2.45) is 0 Å². The smallest absolute Gasteiger partial charge is 0.328 e. The second-order valence-corrected chi connectivity index (χ2v) is 4.11. The maximum absolute atomic E-state index is 13.9. The summed E-state index contributed by atoms with van der Waals surface area (Å²) in [6.07, 6.45) is 1.50. The molecule has 5 nitrogen and oxygen atoms in total. The summed E-state index contributed by atoms with van der Waals surface area (Å²) in [5.74, 6) is -0.639. The molecule has 19 heavy (non-hydrogen) atoms. The molecule has 1 atom stereocenters. The third-order valence-corrected chi connectivity index (χ3v) is 2.82. The Balaban J connectivity index is 2.50. The van der Waals surface area contributed by atoms with Crippen LogP contribution in [0.15, 0.2) is 24.4 Å². The maximum Gasteiger partial charge on any atom is 0.328 e. The average Bonchev–Trinajstić information content (AvgIpc) is 2.42. The van der Waals surface area contributed by atoms with Gasteiger partial charge in [-0.3, -0.25) is 0 Å². The van der Waals surface area contributed by atoms with Gasteiger partial charge in [-0.2, -0.15) is 0 Å². The summed E-state index contributed by atoms with van der Waals surface area (Å²) in [6.45, 7) is 1.61. The van der Waals surface area contributed by atoms with E-state index in [0.717, 1.165) is 0 Å². The van der Waals surface area contributed by atoms with E-state index in [0.29, 0.717) is 11.1 Å². The minimum Gasteiger partial charge on any atom is -0.467 e. The number of carbonyl (C=O) groups excluding carboxylic acids is 1. The zero-order chi connectivity index (χ0) is 14.0.